The van der Waals surface area contributed by atoms with Crippen LogP contribution in [0.2, 0.25) is 0 Å². The Hall–Kier alpha value is -5.09. The molecule has 0 saturated carbocycles. The summed E-state index contributed by atoms with van der Waals surface area (Å²) >= 11 is 0. The molecule has 0 atom stereocenters. The van der Waals surface area contributed by atoms with E-state index in [0.717, 1.165) is 56.2 Å². The van der Waals surface area contributed by atoms with Crippen LogP contribution < -0.4 is 15.6 Å². The van der Waals surface area contributed by atoms with Gasteiger partial charge in [0.2, 0.25) is 17.3 Å². The first-order chi connectivity index (χ1) is 27.6. The van der Waals surface area contributed by atoms with Gasteiger partial charge >= 0.3 is 0 Å². The molecule has 59 heavy (non-hydrogen) atoms. The van der Waals surface area contributed by atoms with Gasteiger partial charge in [0.05, 0.1) is 4.90 Å². The van der Waals surface area contributed by atoms with Crippen molar-refractivity contribution in [2.24, 2.45) is 5.92 Å². The Morgan fingerprint density at radius 2 is 1.41 bits per heavy atom. The molecule has 0 aliphatic heterocycles. The van der Waals surface area contributed by atoms with Crippen LogP contribution in [0, 0.1) is 61.3 Å². The largest absolute Gasteiger partial charge is 0.744 e. The number of aryl methyl sites for hydroxylation is 4. The average Bonchev–Trinajstić information content (AvgIpc) is 3.16. The zero-order valence-corrected chi connectivity index (χ0v) is 38.2. The number of carbonyl (C=O) groups excluding carboxylic acids is 1. The van der Waals surface area contributed by atoms with E-state index in [2.05, 4.69) is 123 Å². The van der Waals surface area contributed by atoms with Crippen LogP contribution in [-0.4, -0.2) is 50.1 Å². The summed E-state index contributed by atoms with van der Waals surface area (Å²) in [7, 11) is -1.27. The van der Waals surface area contributed by atoms with Gasteiger partial charge in [0.15, 0.2) is 0 Å². The minimum absolute atomic E-state index is 0.0931. The summed E-state index contributed by atoms with van der Waals surface area (Å²) in [4.78, 5) is 18.1. The van der Waals surface area contributed by atoms with Crippen molar-refractivity contribution in [3.8, 4) is 0 Å². The van der Waals surface area contributed by atoms with Crippen molar-refractivity contribution < 1.29 is 22.8 Å². The highest BCUT2D eigenvalue weighted by atomic mass is 32.2. The molecule has 9 heteroatoms. The van der Waals surface area contributed by atoms with E-state index in [1.807, 2.05) is 43.3 Å². The van der Waals surface area contributed by atoms with Crippen LogP contribution in [0.3, 0.4) is 0 Å². The Morgan fingerprint density at radius 3 is 2.02 bits per heavy atom. The number of hydrogen-bond acceptors (Lipinski definition) is 6. The standard InChI is InChI=1S/C50H62N4O4S/c1-28(2)42-25-38(15-19-44(42)52-49-32(7)23-30(5)34(9)36(49)11)48(41-18-17-40(27-46(41)59(56,57)58)51-47(55)21-22-54(13)14)39-16-20-45(43(26-39)29(3)4)53-50-33(8)24-31(6)35(10)37(50)12/h15-20,23-29,52H,21-22H2,1-14H3,(H,51,55)(H,56,57,58). The maximum atomic E-state index is 13.3. The molecular weight excluding hydrogens is 753 g/mol. The molecule has 4 aromatic rings. The molecule has 0 heterocycles. The molecule has 312 valence electrons. The summed E-state index contributed by atoms with van der Waals surface area (Å²) in [6.07, 6.45) is 6.37. The molecule has 8 nitrogen and oxygen atoms in total. The molecule has 5 rings (SSSR count). The van der Waals surface area contributed by atoms with E-state index in [0.29, 0.717) is 12.1 Å². The number of rotatable bonds is 12. The van der Waals surface area contributed by atoms with E-state index < -0.39 is 15.0 Å². The van der Waals surface area contributed by atoms with E-state index in [1.165, 1.54) is 39.4 Å². The Balaban J connectivity index is 1.78. The molecule has 4 aromatic carbocycles. The Labute approximate surface area is 353 Å². The minimum atomic E-state index is -5.02. The minimum Gasteiger partial charge on any atom is -0.744 e. The first kappa shape index (κ1) is 45.0. The normalized spacial score (nSPS) is 14.7. The van der Waals surface area contributed by atoms with Gasteiger partial charge < -0.3 is 20.1 Å². The number of amides is 1. The van der Waals surface area contributed by atoms with Crippen molar-refractivity contribution >= 4 is 50.1 Å². The third-order valence-electron chi connectivity index (χ3n) is 11.7. The number of allylic oxidation sites excluding steroid dienone is 5. The van der Waals surface area contributed by atoms with Crippen molar-refractivity contribution in [3.63, 3.8) is 0 Å². The highest BCUT2D eigenvalue weighted by Gasteiger charge is 2.26. The van der Waals surface area contributed by atoms with Crippen LogP contribution in [0.4, 0.5) is 22.7 Å². The lowest BCUT2D eigenvalue weighted by molar-refractivity contribution is -0.353. The van der Waals surface area contributed by atoms with Gasteiger partial charge in [-0.25, -0.2) is 13.4 Å². The maximum absolute atomic E-state index is 13.3. The summed E-state index contributed by atoms with van der Waals surface area (Å²) in [5.41, 5.74) is 18.4. The number of nitrogens with zero attached hydrogens (tertiary/aromatic N) is 1. The lowest BCUT2D eigenvalue weighted by atomic mass is 9.84. The molecule has 0 fully saturated rings. The highest BCUT2D eigenvalue weighted by molar-refractivity contribution is 7.85. The van der Waals surface area contributed by atoms with E-state index in [1.54, 1.807) is 12.1 Å². The fraction of sp³-hybridized carbons (Fsp3) is 0.360. The molecule has 0 radical (unpaired) electrons. The van der Waals surface area contributed by atoms with Crippen LogP contribution in [0.25, 0.3) is 5.57 Å². The number of benzene rings is 4. The van der Waals surface area contributed by atoms with Gasteiger partial charge in [0.25, 0.3) is 0 Å². The van der Waals surface area contributed by atoms with Gasteiger partial charge in [-0.2, -0.15) is 0 Å². The monoisotopic (exact) mass is 814 g/mol. The van der Waals surface area contributed by atoms with Crippen LogP contribution in [0.15, 0.2) is 82.8 Å². The molecule has 0 bridgehead atoms. The van der Waals surface area contributed by atoms with Crippen molar-refractivity contribution in [3.05, 3.63) is 139 Å². The second-order valence-corrected chi connectivity index (χ2v) is 18.4. The number of anilines is 3. The fourth-order valence-electron chi connectivity index (χ4n) is 7.88. The summed E-state index contributed by atoms with van der Waals surface area (Å²) < 4.78 is 39.8. The molecular formula is C50H62N4O4S. The van der Waals surface area contributed by atoms with Gasteiger partial charge in [-0.3, -0.25) is 4.79 Å². The second kappa shape index (κ2) is 18.0. The first-order valence-electron chi connectivity index (χ1n) is 20.5. The van der Waals surface area contributed by atoms with Gasteiger partial charge in [-0.05, 0) is 179 Å². The maximum Gasteiger partial charge on any atom is 0.225 e. The Bertz CT molecular complexity index is 2550. The van der Waals surface area contributed by atoms with Crippen LogP contribution in [-0.2, 0) is 14.9 Å². The van der Waals surface area contributed by atoms with E-state index in [-0.39, 0.29) is 35.4 Å². The summed E-state index contributed by atoms with van der Waals surface area (Å²) in [5, 5.41) is 6.55. The number of carbonyl (C=O) groups is 1. The van der Waals surface area contributed by atoms with Crippen molar-refractivity contribution in [2.45, 2.75) is 100 Å². The van der Waals surface area contributed by atoms with Crippen LogP contribution in [0.5, 0.6) is 0 Å². The first-order valence-corrected chi connectivity index (χ1v) is 21.9. The van der Waals surface area contributed by atoms with E-state index >= 15 is 0 Å². The zero-order chi connectivity index (χ0) is 43.7. The fourth-order valence-corrected chi connectivity index (χ4v) is 8.59. The molecule has 0 saturated heterocycles. The molecule has 1 aliphatic rings. The second-order valence-electron chi connectivity index (χ2n) is 17.1. The lowest BCUT2D eigenvalue weighted by Crippen LogP contribution is -2.67. The van der Waals surface area contributed by atoms with Gasteiger partial charge in [-0.15, -0.1) is 0 Å². The molecule has 0 aromatic heterocycles. The zero-order valence-electron chi connectivity index (χ0n) is 37.4. The SMILES string of the molecule is Cc1cc(C)c(Nc2ccc(C(=C3C=CC(=[NH+]c4c(C)cc(C)c(C)c4C)C(C(C)C)=C3)c3ccc(NC(=O)CCN(C)C)cc3S(=O)(=O)[O-])cc2C(C)C)c(C)c1C. The van der Waals surface area contributed by atoms with Crippen molar-refractivity contribution in [1.82, 2.24) is 4.90 Å². The van der Waals surface area contributed by atoms with E-state index in [9.17, 15) is 17.8 Å². The van der Waals surface area contributed by atoms with Gasteiger partial charge in [0.1, 0.15) is 10.1 Å². The predicted octanol–water partition coefficient (Wildman–Crippen LogP) is 9.62. The average molecular weight is 815 g/mol. The molecule has 0 spiro atoms. The van der Waals surface area contributed by atoms with Crippen molar-refractivity contribution in [2.75, 3.05) is 31.3 Å². The number of nitrogens with one attached hydrogen (secondary N) is 3. The van der Waals surface area contributed by atoms with E-state index in [4.69, 9.17) is 0 Å². The highest BCUT2D eigenvalue weighted by Crippen LogP contribution is 2.40. The lowest BCUT2D eigenvalue weighted by Gasteiger charge is -2.24. The molecule has 1 aliphatic carbocycles. The van der Waals surface area contributed by atoms with Gasteiger partial charge in [0, 0.05) is 58.4 Å². The van der Waals surface area contributed by atoms with Crippen LogP contribution >= 0.6 is 0 Å². The summed E-state index contributed by atoms with van der Waals surface area (Å²) in [6, 6.07) is 15.2. The topological polar surface area (TPSA) is 116 Å². The summed E-state index contributed by atoms with van der Waals surface area (Å²) in [6.45, 7) is 26.1. The van der Waals surface area contributed by atoms with Crippen molar-refractivity contribution in [1.29, 1.82) is 0 Å². The summed E-state index contributed by atoms with van der Waals surface area (Å²) in [5.74, 6) is -0.0890. The smallest absolute Gasteiger partial charge is 0.225 e. The molecule has 1 amide bonds. The molecule has 3 N–H and O–H groups in total. The Kier molecular flexibility index (Phi) is 13.8. The third-order valence-corrected chi connectivity index (χ3v) is 12.6. The molecule has 0 unspecified atom stereocenters. The van der Waals surface area contributed by atoms with Gasteiger partial charge in [-0.1, -0.05) is 45.9 Å². The van der Waals surface area contributed by atoms with Crippen LogP contribution in [0.1, 0.15) is 101 Å². The predicted molar refractivity (Wildman–Crippen MR) is 245 cm³/mol. The Morgan fingerprint density at radius 1 is 0.763 bits per heavy atom. The third kappa shape index (κ3) is 10.0. The number of hydrogen-bond donors (Lipinski definition) is 3. The quantitative estimate of drug-likeness (QED) is 0.123.